The summed E-state index contributed by atoms with van der Waals surface area (Å²) in [5, 5.41) is 17.7. The average Bonchev–Trinajstić information content (AvgIpc) is 3.95. The van der Waals surface area contributed by atoms with E-state index in [1.165, 1.54) is 24.3 Å². The van der Waals surface area contributed by atoms with Crippen molar-refractivity contribution >= 4 is 59.4 Å². The topological polar surface area (TPSA) is 130 Å². The molecule has 10 rings (SSSR count). The van der Waals surface area contributed by atoms with Crippen LogP contribution in [-0.4, -0.2) is 75.6 Å². The Balaban J connectivity index is 0.000000147. The van der Waals surface area contributed by atoms with Gasteiger partial charge in [0.05, 0.1) is 35.4 Å². The van der Waals surface area contributed by atoms with E-state index in [0.29, 0.717) is 47.0 Å². The van der Waals surface area contributed by atoms with Gasteiger partial charge < -0.3 is 37.9 Å². The predicted molar refractivity (Wildman–Crippen MR) is 254 cm³/mol. The van der Waals surface area contributed by atoms with Gasteiger partial charge in [0.25, 0.3) is 11.1 Å². The Hall–Kier alpha value is -5.90. The summed E-state index contributed by atoms with van der Waals surface area (Å²) >= 11 is 3.35. The fourth-order valence-electron chi connectivity index (χ4n) is 8.51. The van der Waals surface area contributed by atoms with Crippen LogP contribution >= 0.6 is 15.9 Å². The number of pyridine rings is 2. The van der Waals surface area contributed by atoms with Crippen LogP contribution in [-0.2, 0) is 14.1 Å². The van der Waals surface area contributed by atoms with Crippen molar-refractivity contribution in [2.75, 3.05) is 51.3 Å². The molecule has 2 fully saturated rings. The molecule has 2 aliphatic heterocycles. The number of piperidine rings is 2. The van der Waals surface area contributed by atoms with E-state index >= 15 is 0 Å². The lowest BCUT2D eigenvalue weighted by Crippen LogP contribution is -2.34. The van der Waals surface area contributed by atoms with Crippen LogP contribution in [0.5, 0.6) is 11.5 Å². The quantitative estimate of drug-likeness (QED) is 0.0989. The maximum absolute atomic E-state index is 13.4. The van der Waals surface area contributed by atoms with Crippen LogP contribution in [0.3, 0.4) is 0 Å². The number of nitrogens with one attached hydrogen (secondary N) is 1. The summed E-state index contributed by atoms with van der Waals surface area (Å²) in [6.07, 6.45) is 9.57. The zero-order chi connectivity index (χ0) is 45.3. The number of nitrogens with zero attached hydrogens (tertiary/aromatic N) is 5. The van der Waals surface area contributed by atoms with Crippen molar-refractivity contribution in [3.63, 3.8) is 0 Å². The van der Waals surface area contributed by atoms with Gasteiger partial charge in [0.1, 0.15) is 23.1 Å². The van der Waals surface area contributed by atoms with Gasteiger partial charge in [-0.3, -0.25) is 9.59 Å². The highest BCUT2D eigenvalue weighted by Crippen LogP contribution is 2.33. The molecular formula is C50H53BrF2N6O6. The van der Waals surface area contributed by atoms with E-state index in [1.807, 2.05) is 48.5 Å². The minimum Gasteiger partial charge on any atom is -0.494 e. The van der Waals surface area contributed by atoms with Gasteiger partial charge in [-0.05, 0) is 136 Å². The second-order valence-electron chi connectivity index (χ2n) is 16.6. The van der Waals surface area contributed by atoms with E-state index in [1.54, 1.807) is 47.8 Å². The number of rotatable bonds is 11. The second-order valence-corrected chi connectivity index (χ2v) is 17.4. The summed E-state index contributed by atoms with van der Waals surface area (Å²) in [5.74, 6) is 1.68. The highest BCUT2D eigenvalue weighted by atomic mass is 79.9. The first kappa shape index (κ1) is 45.7. The Morgan fingerprint density at radius 2 is 1.14 bits per heavy atom. The number of halogens is 3. The summed E-state index contributed by atoms with van der Waals surface area (Å²) in [6.45, 7) is 6.24. The first-order chi connectivity index (χ1) is 31.6. The van der Waals surface area contributed by atoms with Crippen LogP contribution in [0.2, 0.25) is 0 Å². The lowest BCUT2D eigenvalue weighted by atomic mass is 9.91. The Labute approximate surface area is 383 Å². The number of hydrogen-bond acceptors (Lipinski definition) is 10. The summed E-state index contributed by atoms with van der Waals surface area (Å²) < 4.78 is 51.5. The molecule has 2 saturated heterocycles. The number of aromatic nitrogens is 4. The Kier molecular flexibility index (Phi) is 15.0. The molecular weight excluding hydrogens is 898 g/mol. The number of aryl methyl sites for hydroxylation is 2. The van der Waals surface area contributed by atoms with E-state index in [0.717, 1.165) is 121 Å². The summed E-state index contributed by atoms with van der Waals surface area (Å²) in [5.41, 5.74) is 3.00. The van der Waals surface area contributed by atoms with Crippen LogP contribution in [0.4, 0.5) is 8.78 Å². The van der Waals surface area contributed by atoms with Crippen LogP contribution in [0.25, 0.3) is 43.5 Å². The van der Waals surface area contributed by atoms with Crippen molar-refractivity contribution in [2.24, 2.45) is 14.1 Å². The van der Waals surface area contributed by atoms with Gasteiger partial charge in [-0.1, -0.05) is 38.4 Å². The molecule has 0 amide bonds. The molecule has 1 N–H and O–H groups in total. The fraction of sp³-hybridized carbons (Fsp3) is 0.360. The van der Waals surface area contributed by atoms with Gasteiger partial charge in [-0.15, -0.1) is 0 Å². The van der Waals surface area contributed by atoms with Crippen LogP contribution in [0.15, 0.2) is 116 Å². The zero-order valence-electron chi connectivity index (χ0n) is 36.6. The molecule has 12 nitrogen and oxygen atoms in total. The molecule has 15 heteroatoms. The molecule has 0 aliphatic carbocycles. The number of likely N-dealkylation sites (tertiary alicyclic amines) is 1. The number of alkyl halides is 1. The van der Waals surface area contributed by atoms with E-state index < -0.39 is 0 Å². The van der Waals surface area contributed by atoms with Gasteiger partial charge in [-0.2, -0.15) is 0 Å². The monoisotopic (exact) mass is 950 g/mol. The largest absolute Gasteiger partial charge is 0.494 e. The van der Waals surface area contributed by atoms with E-state index in [-0.39, 0.29) is 22.8 Å². The molecule has 0 bridgehead atoms. The number of hydrogen-bond donors (Lipinski definition) is 1. The molecule has 0 atom stereocenters. The van der Waals surface area contributed by atoms with Crippen molar-refractivity contribution in [1.82, 2.24) is 29.7 Å². The average molecular weight is 952 g/mol. The van der Waals surface area contributed by atoms with Gasteiger partial charge in [0, 0.05) is 73.1 Å². The Bertz CT molecular complexity index is 2990. The van der Waals surface area contributed by atoms with E-state index in [2.05, 4.69) is 36.5 Å². The number of fused-ring (bicyclic) bond motifs is 4. The maximum atomic E-state index is 13.4. The lowest BCUT2D eigenvalue weighted by Gasteiger charge is -2.31. The Morgan fingerprint density at radius 1 is 0.646 bits per heavy atom. The molecule has 0 unspecified atom stereocenters. The highest BCUT2D eigenvalue weighted by molar-refractivity contribution is 9.09. The van der Waals surface area contributed by atoms with E-state index in [4.69, 9.17) is 18.5 Å². The smallest absolute Gasteiger partial charge is 0.258 e. The standard InChI is InChI=1S/C25H26FN3O3.C13H14BrNO2.C12H13FN2O/c1-28-11-7-17-3-5-20(16-22(17)25(28)30)31-14-2-10-29-12-8-18(9-13-29)24-21-6-4-19(26)15-23(21)32-27-24;1-15-7-5-10-3-4-11(17-8-2-6-14)9-12(10)13(15)16;13-9-1-2-10-11(7-9)16-15-12(10)8-3-5-14-6-4-8/h3-7,11,15-16,18H,2,8-10,12-14H2,1H3;3-5,7,9H,2,6,8H2,1H3;1-2,7-8,14H,3-6H2. The van der Waals surface area contributed by atoms with Crippen molar-refractivity contribution in [1.29, 1.82) is 0 Å². The van der Waals surface area contributed by atoms with Crippen molar-refractivity contribution in [2.45, 2.75) is 50.4 Å². The fourth-order valence-corrected chi connectivity index (χ4v) is 8.74. The van der Waals surface area contributed by atoms with E-state index in [9.17, 15) is 18.4 Å². The molecule has 0 spiro atoms. The van der Waals surface area contributed by atoms with Gasteiger partial charge >= 0.3 is 0 Å². The van der Waals surface area contributed by atoms with Gasteiger partial charge in [-0.25, -0.2) is 8.78 Å². The molecule has 4 aromatic carbocycles. The van der Waals surface area contributed by atoms with Crippen LogP contribution in [0.1, 0.15) is 61.7 Å². The summed E-state index contributed by atoms with van der Waals surface area (Å²) in [4.78, 5) is 26.6. The van der Waals surface area contributed by atoms with Crippen LogP contribution in [0, 0.1) is 11.6 Å². The van der Waals surface area contributed by atoms with Gasteiger partial charge in [0.15, 0.2) is 11.2 Å². The third-order valence-corrected chi connectivity index (χ3v) is 12.7. The second kappa shape index (κ2) is 21.4. The molecule has 0 saturated carbocycles. The Morgan fingerprint density at radius 3 is 1.65 bits per heavy atom. The molecule has 0 radical (unpaired) electrons. The van der Waals surface area contributed by atoms with Crippen molar-refractivity contribution < 1.29 is 27.3 Å². The normalized spacial score (nSPS) is 14.9. The maximum Gasteiger partial charge on any atom is 0.258 e. The third-order valence-electron chi connectivity index (χ3n) is 12.2. The van der Waals surface area contributed by atoms with Crippen LogP contribution < -0.4 is 25.9 Å². The molecule has 65 heavy (non-hydrogen) atoms. The molecule has 4 aromatic heterocycles. The summed E-state index contributed by atoms with van der Waals surface area (Å²) in [7, 11) is 3.50. The molecule has 8 aromatic rings. The number of benzene rings is 4. The number of ether oxygens (including phenoxy) is 2. The molecule has 340 valence electrons. The van der Waals surface area contributed by atoms with Gasteiger partial charge in [0.2, 0.25) is 0 Å². The minimum absolute atomic E-state index is 0.00782. The summed E-state index contributed by atoms with van der Waals surface area (Å²) in [6, 6.07) is 24.4. The lowest BCUT2D eigenvalue weighted by molar-refractivity contribution is 0.191. The predicted octanol–water partition coefficient (Wildman–Crippen LogP) is 9.60. The first-order valence-electron chi connectivity index (χ1n) is 22.2. The zero-order valence-corrected chi connectivity index (χ0v) is 38.2. The van der Waals surface area contributed by atoms with Crippen molar-refractivity contribution in [3.8, 4) is 11.5 Å². The first-order valence-corrected chi connectivity index (χ1v) is 23.3. The third kappa shape index (κ3) is 11.1. The van der Waals surface area contributed by atoms with Crippen molar-refractivity contribution in [3.05, 3.63) is 141 Å². The highest BCUT2D eigenvalue weighted by Gasteiger charge is 2.25. The minimum atomic E-state index is -0.302. The SMILES string of the molecule is Cn1ccc2ccc(OCCCBr)cc2c1=O.Cn1ccc2ccc(OCCCN3CCC(c4noc5cc(F)ccc45)CC3)cc2c1=O.Fc1ccc2c(C3CCNCC3)noc2c1. The molecule has 6 heterocycles. The molecule has 2 aliphatic rings.